The molecule has 119 heavy (non-hydrogen) atoms. The molecule has 0 N–H and O–H groups in total. The van der Waals surface area contributed by atoms with Gasteiger partial charge in [-0.1, -0.05) is 382 Å². The van der Waals surface area contributed by atoms with Crippen molar-refractivity contribution in [2.45, 2.75) is 536 Å². The lowest BCUT2D eigenvalue weighted by Gasteiger charge is -2.26. The van der Waals surface area contributed by atoms with Crippen molar-refractivity contribution in [2.75, 3.05) is 92.1 Å². The van der Waals surface area contributed by atoms with Crippen LogP contribution in [0.2, 0.25) is 0 Å². The van der Waals surface area contributed by atoms with Crippen LogP contribution in [0.5, 0.6) is 0 Å². The molecule has 0 aromatic carbocycles. The third-order valence-corrected chi connectivity index (χ3v) is 26.9. The summed E-state index contributed by atoms with van der Waals surface area (Å²) in [6.45, 7) is 29.0. The zero-order chi connectivity index (χ0) is 85.7. The van der Waals surface area contributed by atoms with Gasteiger partial charge >= 0.3 is 23.9 Å². The summed E-state index contributed by atoms with van der Waals surface area (Å²) in [6.07, 6.45) is 87.9. The summed E-state index contributed by atoms with van der Waals surface area (Å²) in [6, 6.07) is 0. The Labute approximate surface area is 739 Å². The summed E-state index contributed by atoms with van der Waals surface area (Å²) < 4.78 is 42.0. The Morgan fingerprint density at radius 3 is 0.782 bits per heavy atom. The van der Waals surface area contributed by atoms with Crippen LogP contribution < -0.4 is 0 Å². The molecular formula is C106H204N2O11. The molecular weight excluding hydrogens is 1480 g/mol. The Balaban J connectivity index is 1.59. The first-order chi connectivity index (χ1) is 58.5. The number of hydrogen-bond acceptors (Lipinski definition) is 13. The minimum Gasteiger partial charge on any atom is -0.466 e. The van der Waals surface area contributed by atoms with Gasteiger partial charge in [0.2, 0.25) is 0 Å². The number of carbonyl (C=O) groups excluding carboxylic acids is 4. The van der Waals surface area contributed by atoms with Crippen LogP contribution >= 0.6 is 0 Å². The van der Waals surface area contributed by atoms with Crippen LogP contribution in [0.15, 0.2) is 0 Å². The van der Waals surface area contributed by atoms with E-state index in [2.05, 4.69) is 58.3 Å². The van der Waals surface area contributed by atoms with E-state index in [0.29, 0.717) is 88.0 Å². The van der Waals surface area contributed by atoms with Gasteiger partial charge in [-0.05, 0) is 171 Å². The fraction of sp³-hybridized carbons (Fsp3) is 0.962. The maximum Gasteiger partial charge on any atom is 0.305 e. The van der Waals surface area contributed by atoms with Gasteiger partial charge in [0, 0.05) is 52.0 Å². The quantitative estimate of drug-likeness (QED) is 0.0325. The maximum atomic E-state index is 13.0. The Bertz CT molecular complexity index is 2120. The summed E-state index contributed by atoms with van der Waals surface area (Å²) >= 11 is 0. The highest BCUT2D eigenvalue weighted by atomic mass is 16.5. The van der Waals surface area contributed by atoms with Crippen LogP contribution in [0.25, 0.3) is 0 Å². The molecule has 2 aliphatic heterocycles. The van der Waals surface area contributed by atoms with Gasteiger partial charge in [-0.3, -0.25) is 24.1 Å². The monoisotopic (exact) mass is 1680 g/mol. The molecule has 2 rings (SSSR count). The first kappa shape index (κ1) is 113. The molecule has 2 heterocycles. The Kier molecular flexibility index (Phi) is 83.1. The number of morpholine rings is 1. The minimum atomic E-state index is -0.00143. The zero-order valence-corrected chi connectivity index (χ0v) is 80.7. The SMILES string of the molecule is CCCCCC(CCCCC)CCOC(=O)CCCCCCCCCC(CCCCCCCC(=O)OCCC(CCCCC)CCCCCC(C)CCCC(CCCCC)CCOC(=O)CCCCCCCCCC(CCCCCCCC(=O)OCCC(CCCCC)CCCCC)OCCCCN1CCOCC1)OCCCCN1CCCC1. The van der Waals surface area contributed by atoms with Gasteiger partial charge in [0.25, 0.3) is 0 Å². The van der Waals surface area contributed by atoms with Crippen molar-refractivity contribution < 1.29 is 52.3 Å². The van der Waals surface area contributed by atoms with Gasteiger partial charge in [-0.15, -0.1) is 0 Å². The fourth-order valence-corrected chi connectivity index (χ4v) is 18.7. The maximum absolute atomic E-state index is 13.0. The van der Waals surface area contributed by atoms with E-state index in [4.69, 9.17) is 33.2 Å². The third-order valence-electron chi connectivity index (χ3n) is 26.9. The molecule has 0 radical (unpaired) electrons. The molecule has 0 bridgehead atoms. The molecule has 2 aliphatic rings. The second-order valence-electron chi connectivity index (χ2n) is 38.2. The summed E-state index contributed by atoms with van der Waals surface area (Å²) in [5, 5.41) is 0. The van der Waals surface area contributed by atoms with Gasteiger partial charge in [0.15, 0.2) is 0 Å². The number of carbonyl (C=O) groups is 4. The molecule has 0 spiro atoms. The van der Waals surface area contributed by atoms with Crippen LogP contribution in [-0.4, -0.2) is 138 Å². The van der Waals surface area contributed by atoms with E-state index < -0.39 is 0 Å². The van der Waals surface area contributed by atoms with E-state index in [0.717, 1.165) is 161 Å². The summed E-state index contributed by atoms with van der Waals surface area (Å²) in [5.41, 5.74) is 0. The average molecular weight is 1680 g/mol. The van der Waals surface area contributed by atoms with E-state index >= 15 is 0 Å². The molecule has 2 saturated heterocycles. The number of likely N-dealkylation sites (tertiary alicyclic amines) is 1. The largest absolute Gasteiger partial charge is 0.466 e. The van der Waals surface area contributed by atoms with Crippen molar-refractivity contribution in [3.05, 3.63) is 0 Å². The number of hydrogen-bond donors (Lipinski definition) is 0. The molecule has 0 aromatic heterocycles. The van der Waals surface area contributed by atoms with Crippen molar-refractivity contribution in [3.63, 3.8) is 0 Å². The van der Waals surface area contributed by atoms with Crippen molar-refractivity contribution >= 4 is 23.9 Å². The molecule has 704 valence electrons. The predicted octanol–water partition coefficient (Wildman–Crippen LogP) is 30.7. The second-order valence-corrected chi connectivity index (χ2v) is 38.2. The van der Waals surface area contributed by atoms with E-state index in [1.54, 1.807) is 0 Å². The van der Waals surface area contributed by atoms with Gasteiger partial charge in [0.05, 0.1) is 51.8 Å². The van der Waals surface area contributed by atoms with E-state index in [1.807, 2.05) is 0 Å². The van der Waals surface area contributed by atoms with Gasteiger partial charge in [-0.2, -0.15) is 0 Å². The van der Waals surface area contributed by atoms with Gasteiger partial charge in [0.1, 0.15) is 0 Å². The van der Waals surface area contributed by atoms with Gasteiger partial charge < -0.3 is 38.1 Å². The van der Waals surface area contributed by atoms with Crippen LogP contribution in [0.3, 0.4) is 0 Å². The Hall–Kier alpha value is -2.32. The average Bonchev–Trinajstić information content (AvgIpc) is 1.95. The molecule has 0 saturated carbocycles. The molecule has 0 amide bonds. The van der Waals surface area contributed by atoms with Crippen LogP contribution in [0.1, 0.15) is 524 Å². The smallest absolute Gasteiger partial charge is 0.305 e. The fourth-order valence-electron chi connectivity index (χ4n) is 18.7. The van der Waals surface area contributed by atoms with Gasteiger partial charge in [-0.25, -0.2) is 0 Å². The number of esters is 4. The molecule has 13 nitrogen and oxygen atoms in total. The molecule has 13 heteroatoms. The highest BCUT2D eigenvalue weighted by Crippen LogP contribution is 2.29. The molecule has 5 atom stereocenters. The standard InChI is InChI=1S/C106H204N2O11/c1-8-14-37-62-97(63-38-15-9-2)78-90-116-103(109)74-49-32-24-20-22-28-45-70-101(114-88-57-55-84-107-82-53-54-83-107)72-47-30-26-35-52-77-106(112)118-92-80-99(66-41-18-12-5)68-44-36-43-60-96(7)61-59-69-100(67-42-19-13-6)81-93-119-104(110)75-50-33-25-21-23-29-46-71-102(115-89-58-56-85-108-86-94-113-95-87-108)73-48-31-27-34-51-76-105(111)117-91-79-98(64-39-16-10-3)65-40-17-11-4/h96-102H,8-95H2,1-7H3. The molecule has 0 aliphatic carbocycles. The Morgan fingerprint density at radius 2 is 0.479 bits per heavy atom. The third kappa shape index (κ3) is 75.5. The van der Waals surface area contributed by atoms with Crippen molar-refractivity contribution in [2.24, 2.45) is 29.6 Å². The van der Waals surface area contributed by atoms with Crippen LogP contribution in [0, 0.1) is 29.6 Å². The first-order valence-corrected chi connectivity index (χ1v) is 53.4. The lowest BCUT2D eigenvalue weighted by atomic mass is 9.89. The summed E-state index contributed by atoms with van der Waals surface area (Å²) in [4.78, 5) is 56.2. The highest BCUT2D eigenvalue weighted by molar-refractivity contribution is 5.70. The second kappa shape index (κ2) is 87.7. The first-order valence-electron chi connectivity index (χ1n) is 53.4. The number of ether oxygens (including phenoxy) is 7. The topological polar surface area (TPSA) is 139 Å². The van der Waals surface area contributed by atoms with Crippen LogP contribution in [-0.2, 0) is 52.3 Å². The van der Waals surface area contributed by atoms with Crippen LogP contribution in [0.4, 0.5) is 0 Å². The lowest BCUT2D eigenvalue weighted by Crippen LogP contribution is -2.36. The lowest BCUT2D eigenvalue weighted by molar-refractivity contribution is -0.145. The number of nitrogens with zero attached hydrogens (tertiary/aromatic N) is 2. The van der Waals surface area contributed by atoms with Crippen molar-refractivity contribution in [1.29, 1.82) is 0 Å². The number of rotatable bonds is 94. The van der Waals surface area contributed by atoms with E-state index in [1.165, 1.54) is 360 Å². The molecule has 5 unspecified atom stereocenters. The summed E-state index contributed by atoms with van der Waals surface area (Å²) in [7, 11) is 0. The Morgan fingerprint density at radius 1 is 0.244 bits per heavy atom. The van der Waals surface area contributed by atoms with Crippen molar-refractivity contribution in [1.82, 2.24) is 9.80 Å². The normalized spacial score (nSPS) is 14.8. The van der Waals surface area contributed by atoms with E-state index in [-0.39, 0.29) is 23.9 Å². The van der Waals surface area contributed by atoms with E-state index in [9.17, 15) is 19.2 Å². The highest BCUT2D eigenvalue weighted by Gasteiger charge is 2.20. The number of unbranched alkanes of at least 4 members (excludes halogenated alkanes) is 36. The molecule has 0 aromatic rings. The zero-order valence-electron chi connectivity index (χ0n) is 80.7. The van der Waals surface area contributed by atoms with Crippen molar-refractivity contribution in [3.8, 4) is 0 Å². The molecule has 2 fully saturated rings. The minimum absolute atomic E-state index is 0.000718. The summed E-state index contributed by atoms with van der Waals surface area (Å²) in [5.74, 6) is 3.46. The predicted molar refractivity (Wildman–Crippen MR) is 506 cm³/mol.